The van der Waals surface area contributed by atoms with Crippen LogP contribution in [-0.2, 0) is 4.79 Å². The Morgan fingerprint density at radius 2 is 1.92 bits per heavy atom. The Morgan fingerprint density at radius 3 is 2.56 bits per heavy atom. The molecule has 2 N–H and O–H groups in total. The van der Waals surface area contributed by atoms with Crippen LogP contribution in [0, 0.1) is 0 Å². The summed E-state index contributed by atoms with van der Waals surface area (Å²) in [7, 11) is 1.51. The van der Waals surface area contributed by atoms with E-state index in [0.717, 1.165) is 4.47 Å². The molecule has 0 spiro atoms. The van der Waals surface area contributed by atoms with Gasteiger partial charge in [-0.1, -0.05) is 28.1 Å². The fourth-order valence-electron chi connectivity index (χ4n) is 1.83. The van der Waals surface area contributed by atoms with Crippen LogP contribution in [0.4, 0.5) is 0 Å². The van der Waals surface area contributed by atoms with Gasteiger partial charge in [-0.3, -0.25) is 4.79 Å². The van der Waals surface area contributed by atoms with E-state index in [-0.39, 0.29) is 12.2 Å². The average Bonchev–Trinajstić information content (AvgIpc) is 2.61. The number of hydrogen-bond donors (Lipinski definition) is 2. The second-order valence-electron chi connectivity index (χ2n) is 4.80. The maximum absolute atomic E-state index is 11.7. The molecule has 0 unspecified atom stereocenters. The molecule has 0 heterocycles. The number of hydrazone groups is 1. The van der Waals surface area contributed by atoms with Gasteiger partial charge in [-0.2, -0.15) is 5.10 Å². The van der Waals surface area contributed by atoms with Crippen molar-refractivity contribution in [2.45, 2.75) is 0 Å². The molecular weight excluding hydrogens is 392 g/mol. The quantitative estimate of drug-likeness (QED) is 0.544. The van der Waals surface area contributed by atoms with Gasteiger partial charge in [-0.25, -0.2) is 10.2 Å². The van der Waals surface area contributed by atoms with Gasteiger partial charge in [0, 0.05) is 4.47 Å². The largest absolute Gasteiger partial charge is 0.493 e. The van der Waals surface area contributed by atoms with Crippen LogP contribution in [0.5, 0.6) is 11.5 Å². The Labute approximate surface area is 152 Å². The van der Waals surface area contributed by atoms with E-state index < -0.39 is 11.9 Å². The molecule has 0 aliphatic carbocycles. The van der Waals surface area contributed by atoms with Gasteiger partial charge >= 0.3 is 5.97 Å². The molecule has 0 bridgehead atoms. The predicted molar refractivity (Wildman–Crippen MR) is 95.3 cm³/mol. The minimum atomic E-state index is -1.00. The summed E-state index contributed by atoms with van der Waals surface area (Å²) in [6, 6.07) is 11.3. The van der Waals surface area contributed by atoms with Crippen LogP contribution < -0.4 is 14.9 Å². The average molecular weight is 407 g/mol. The summed E-state index contributed by atoms with van der Waals surface area (Å²) in [6.07, 6.45) is 1.41. The van der Waals surface area contributed by atoms with E-state index in [1.807, 2.05) is 0 Å². The van der Waals surface area contributed by atoms with Crippen molar-refractivity contribution < 1.29 is 24.2 Å². The highest BCUT2D eigenvalue weighted by Crippen LogP contribution is 2.29. The zero-order valence-electron chi connectivity index (χ0n) is 13.2. The maximum Gasteiger partial charge on any atom is 0.335 e. The van der Waals surface area contributed by atoms with Crippen LogP contribution in [0.1, 0.15) is 15.9 Å². The molecule has 2 aromatic carbocycles. The van der Waals surface area contributed by atoms with Gasteiger partial charge in [0.05, 0.1) is 18.9 Å². The number of carboxylic acid groups (broad SMARTS) is 1. The van der Waals surface area contributed by atoms with E-state index in [4.69, 9.17) is 14.6 Å². The molecule has 7 nitrogen and oxygen atoms in total. The van der Waals surface area contributed by atoms with Gasteiger partial charge in [0.2, 0.25) is 0 Å². The molecule has 0 aromatic heterocycles. The summed E-state index contributed by atoms with van der Waals surface area (Å²) < 4.78 is 11.4. The zero-order valence-corrected chi connectivity index (χ0v) is 14.8. The number of amides is 1. The van der Waals surface area contributed by atoms with E-state index in [1.54, 1.807) is 30.3 Å². The number of ether oxygens (including phenoxy) is 2. The normalized spacial score (nSPS) is 10.5. The van der Waals surface area contributed by atoms with Crippen molar-refractivity contribution in [1.82, 2.24) is 5.43 Å². The van der Waals surface area contributed by atoms with Gasteiger partial charge in [0.15, 0.2) is 18.1 Å². The maximum atomic E-state index is 11.7. The van der Waals surface area contributed by atoms with Gasteiger partial charge < -0.3 is 14.6 Å². The summed E-state index contributed by atoms with van der Waals surface area (Å²) >= 11 is 3.32. The van der Waals surface area contributed by atoms with E-state index in [9.17, 15) is 9.59 Å². The molecule has 25 heavy (non-hydrogen) atoms. The molecule has 2 aromatic rings. The van der Waals surface area contributed by atoms with Crippen LogP contribution >= 0.6 is 15.9 Å². The van der Waals surface area contributed by atoms with Crippen LogP contribution in [0.2, 0.25) is 0 Å². The van der Waals surface area contributed by atoms with Crippen molar-refractivity contribution in [3.8, 4) is 11.5 Å². The van der Waals surface area contributed by atoms with Crippen molar-refractivity contribution in [3.05, 3.63) is 58.1 Å². The first kappa shape index (κ1) is 18.5. The monoisotopic (exact) mass is 406 g/mol. The smallest absolute Gasteiger partial charge is 0.335 e. The third-order valence-corrected chi connectivity index (χ3v) is 3.54. The minimum absolute atomic E-state index is 0.179. The van der Waals surface area contributed by atoms with Crippen molar-refractivity contribution in [3.63, 3.8) is 0 Å². The van der Waals surface area contributed by atoms with Crippen molar-refractivity contribution in [2.75, 3.05) is 13.7 Å². The lowest BCUT2D eigenvalue weighted by atomic mass is 10.1. The first-order chi connectivity index (χ1) is 12.0. The summed E-state index contributed by atoms with van der Waals surface area (Å²) in [5.74, 6) is -0.501. The minimum Gasteiger partial charge on any atom is -0.493 e. The highest BCUT2D eigenvalue weighted by molar-refractivity contribution is 9.10. The summed E-state index contributed by atoms with van der Waals surface area (Å²) in [6.45, 7) is -0.229. The molecule has 8 heteroatoms. The summed E-state index contributed by atoms with van der Waals surface area (Å²) in [5.41, 5.74) is 3.16. The lowest BCUT2D eigenvalue weighted by Crippen LogP contribution is -2.24. The number of nitrogens with one attached hydrogen (secondary N) is 1. The number of aromatic carboxylic acids is 1. The second kappa shape index (κ2) is 8.84. The highest BCUT2D eigenvalue weighted by atomic mass is 79.9. The Bertz CT molecular complexity index is 790. The van der Waals surface area contributed by atoms with E-state index in [2.05, 4.69) is 26.5 Å². The Kier molecular flexibility index (Phi) is 6.53. The molecule has 0 atom stereocenters. The second-order valence-corrected chi connectivity index (χ2v) is 5.72. The third kappa shape index (κ3) is 5.61. The number of carbonyl (C=O) groups is 2. The van der Waals surface area contributed by atoms with Crippen molar-refractivity contribution in [2.24, 2.45) is 5.10 Å². The van der Waals surface area contributed by atoms with Gasteiger partial charge in [0.25, 0.3) is 5.91 Å². The lowest BCUT2D eigenvalue weighted by Gasteiger charge is -2.10. The predicted octanol–water partition coefficient (Wildman–Crippen LogP) is 2.68. The fourth-order valence-corrected chi connectivity index (χ4v) is 2.17. The Balaban J connectivity index is 1.85. The number of benzene rings is 2. The Hall–Kier alpha value is -2.87. The summed E-state index contributed by atoms with van der Waals surface area (Å²) in [4.78, 5) is 22.5. The molecule has 0 saturated carbocycles. The van der Waals surface area contributed by atoms with Crippen molar-refractivity contribution in [1.29, 1.82) is 0 Å². The fraction of sp³-hybridized carbons (Fsp3) is 0.118. The highest BCUT2D eigenvalue weighted by Gasteiger charge is 2.07. The number of carboxylic acids is 1. The van der Waals surface area contributed by atoms with Gasteiger partial charge in [-0.05, 0) is 35.9 Å². The number of halogens is 1. The summed E-state index contributed by atoms with van der Waals surface area (Å²) in [5, 5.41) is 12.6. The molecule has 0 fully saturated rings. The molecule has 130 valence electrons. The van der Waals surface area contributed by atoms with E-state index in [0.29, 0.717) is 17.1 Å². The van der Waals surface area contributed by atoms with Crippen LogP contribution in [-0.4, -0.2) is 36.9 Å². The number of carbonyl (C=O) groups excluding carboxylic acids is 1. The van der Waals surface area contributed by atoms with Crippen molar-refractivity contribution >= 4 is 34.0 Å². The number of rotatable bonds is 7. The molecule has 0 radical (unpaired) electrons. The van der Waals surface area contributed by atoms with Crippen LogP contribution in [0.25, 0.3) is 0 Å². The lowest BCUT2D eigenvalue weighted by molar-refractivity contribution is -0.123. The molecule has 0 aliphatic heterocycles. The van der Waals surface area contributed by atoms with Gasteiger partial charge in [-0.15, -0.1) is 0 Å². The Morgan fingerprint density at radius 1 is 1.20 bits per heavy atom. The van der Waals surface area contributed by atoms with Gasteiger partial charge in [0.1, 0.15) is 0 Å². The zero-order chi connectivity index (χ0) is 18.2. The number of methoxy groups -OCH3 is 1. The standard InChI is InChI=1S/C17H15BrN2O5/c1-24-15-8-13(18)6-7-14(15)25-10-16(21)20-19-9-11-2-4-12(5-3-11)17(22)23/h2-9H,10H2,1H3,(H,20,21)(H,22,23)/b19-9+. The molecule has 1 amide bonds. The number of nitrogens with zero attached hydrogens (tertiary/aromatic N) is 1. The first-order valence-corrected chi connectivity index (χ1v) is 7.90. The number of hydrogen-bond acceptors (Lipinski definition) is 5. The third-order valence-electron chi connectivity index (χ3n) is 3.04. The van der Waals surface area contributed by atoms with E-state index >= 15 is 0 Å². The molecule has 0 aliphatic rings. The van der Waals surface area contributed by atoms with E-state index in [1.165, 1.54) is 25.5 Å². The molecule has 0 saturated heterocycles. The van der Waals surface area contributed by atoms with Crippen LogP contribution in [0.3, 0.4) is 0 Å². The first-order valence-electron chi connectivity index (χ1n) is 7.11. The molecular formula is C17H15BrN2O5. The molecule has 2 rings (SSSR count). The topological polar surface area (TPSA) is 97.2 Å². The SMILES string of the molecule is COc1cc(Br)ccc1OCC(=O)N/N=C/c1ccc(C(=O)O)cc1. The van der Waals surface area contributed by atoms with Crippen LogP contribution in [0.15, 0.2) is 52.0 Å².